The summed E-state index contributed by atoms with van der Waals surface area (Å²) in [5, 5.41) is 3.08. The third-order valence-corrected chi connectivity index (χ3v) is 5.29. The van der Waals surface area contributed by atoms with Crippen molar-refractivity contribution in [1.29, 1.82) is 0 Å². The average molecular weight is 347 g/mol. The smallest absolute Gasteiger partial charge is 0.225 e. The van der Waals surface area contributed by atoms with Crippen molar-refractivity contribution in [1.82, 2.24) is 15.1 Å². The first-order valence-electron chi connectivity index (χ1n) is 9.25. The van der Waals surface area contributed by atoms with Crippen molar-refractivity contribution in [2.45, 2.75) is 38.6 Å². The number of hydrogen-bond donors (Lipinski definition) is 1. The highest BCUT2D eigenvalue weighted by atomic mass is 16.3. The number of carbonyl (C=O) groups is 2. The zero-order chi connectivity index (χ0) is 18.0. The van der Waals surface area contributed by atoms with Crippen LogP contribution >= 0.6 is 0 Å². The van der Waals surface area contributed by atoms with E-state index in [9.17, 15) is 9.59 Å². The summed E-state index contributed by atoms with van der Waals surface area (Å²) < 4.78 is 5.72. The van der Waals surface area contributed by atoms with E-state index in [0.717, 1.165) is 37.2 Å². The number of hydrogen-bond acceptors (Lipinski definition) is 4. The Hall–Kier alpha value is -1.82. The van der Waals surface area contributed by atoms with Gasteiger partial charge in [-0.05, 0) is 58.8 Å². The van der Waals surface area contributed by atoms with Crippen molar-refractivity contribution in [2.24, 2.45) is 11.8 Å². The molecule has 1 atom stereocenters. The molecular formula is C19H29N3O3. The minimum Gasteiger partial charge on any atom is -0.465 e. The number of piperidine rings is 1. The van der Waals surface area contributed by atoms with Crippen molar-refractivity contribution in [2.75, 3.05) is 33.7 Å². The van der Waals surface area contributed by atoms with Crippen LogP contribution in [-0.2, 0) is 9.59 Å². The van der Waals surface area contributed by atoms with Gasteiger partial charge in [-0.25, -0.2) is 0 Å². The number of likely N-dealkylation sites (N-methyl/N-ethyl adjacent to an activating group) is 1. The Labute approximate surface area is 149 Å². The van der Waals surface area contributed by atoms with E-state index in [4.69, 9.17) is 4.42 Å². The molecule has 0 aromatic carbocycles. The average Bonchev–Trinajstić information content (AvgIpc) is 3.36. The largest absolute Gasteiger partial charge is 0.465 e. The van der Waals surface area contributed by atoms with Crippen LogP contribution in [0.5, 0.6) is 0 Å². The van der Waals surface area contributed by atoms with Crippen molar-refractivity contribution in [3.05, 3.63) is 23.7 Å². The second kappa shape index (κ2) is 7.60. The van der Waals surface area contributed by atoms with Crippen LogP contribution in [0, 0.1) is 18.8 Å². The molecule has 1 aromatic heterocycles. The van der Waals surface area contributed by atoms with Crippen LogP contribution in [0.15, 0.2) is 16.5 Å². The summed E-state index contributed by atoms with van der Waals surface area (Å²) >= 11 is 0. The van der Waals surface area contributed by atoms with Gasteiger partial charge in [0.15, 0.2) is 0 Å². The zero-order valence-corrected chi connectivity index (χ0v) is 15.5. The van der Waals surface area contributed by atoms with Crippen molar-refractivity contribution < 1.29 is 14.0 Å². The molecule has 0 unspecified atom stereocenters. The highest BCUT2D eigenvalue weighted by molar-refractivity contribution is 5.82. The molecule has 6 heteroatoms. The van der Waals surface area contributed by atoms with Gasteiger partial charge < -0.3 is 14.6 Å². The molecule has 0 radical (unpaired) electrons. The molecule has 0 bridgehead atoms. The molecule has 1 saturated carbocycles. The lowest BCUT2D eigenvalue weighted by Crippen LogP contribution is -2.44. The Bertz CT molecular complexity index is 613. The summed E-state index contributed by atoms with van der Waals surface area (Å²) in [6, 6.07) is 3.93. The fourth-order valence-corrected chi connectivity index (χ4v) is 3.46. The number of nitrogens with zero attached hydrogens (tertiary/aromatic N) is 2. The maximum atomic E-state index is 12.5. The molecule has 1 aliphatic carbocycles. The van der Waals surface area contributed by atoms with Gasteiger partial charge in [-0.2, -0.15) is 0 Å². The molecule has 1 N–H and O–H groups in total. The normalized spacial score (nSPS) is 19.9. The number of nitrogens with one attached hydrogen (secondary N) is 1. The van der Waals surface area contributed by atoms with Crippen LogP contribution in [0.4, 0.5) is 0 Å². The number of amides is 2. The number of likely N-dealkylation sites (tertiary alicyclic amines) is 1. The lowest BCUT2D eigenvalue weighted by molar-refractivity contribution is -0.136. The maximum absolute atomic E-state index is 12.5. The summed E-state index contributed by atoms with van der Waals surface area (Å²) in [4.78, 5) is 28.6. The monoisotopic (exact) mass is 347 g/mol. The van der Waals surface area contributed by atoms with Gasteiger partial charge in [-0.15, -0.1) is 0 Å². The van der Waals surface area contributed by atoms with Crippen LogP contribution in [0.2, 0.25) is 0 Å². The lowest BCUT2D eigenvalue weighted by atomic mass is 9.95. The van der Waals surface area contributed by atoms with Crippen LogP contribution in [0.25, 0.3) is 0 Å². The van der Waals surface area contributed by atoms with E-state index in [-0.39, 0.29) is 23.8 Å². The molecule has 2 heterocycles. The Morgan fingerprint density at radius 1 is 1.20 bits per heavy atom. The number of rotatable bonds is 6. The van der Waals surface area contributed by atoms with Gasteiger partial charge in [0.2, 0.25) is 11.8 Å². The van der Waals surface area contributed by atoms with Crippen molar-refractivity contribution in [3.63, 3.8) is 0 Å². The predicted octanol–water partition coefficient (Wildman–Crippen LogP) is 1.96. The van der Waals surface area contributed by atoms with Crippen molar-refractivity contribution >= 4 is 11.8 Å². The molecule has 2 amide bonds. The molecule has 138 valence electrons. The summed E-state index contributed by atoms with van der Waals surface area (Å²) in [7, 11) is 3.97. The van der Waals surface area contributed by atoms with Crippen LogP contribution in [0.3, 0.4) is 0 Å². The number of aryl methyl sites for hydroxylation is 1. The van der Waals surface area contributed by atoms with Crippen LogP contribution < -0.4 is 5.32 Å². The highest BCUT2D eigenvalue weighted by Gasteiger charge is 2.36. The van der Waals surface area contributed by atoms with Gasteiger partial charge in [-0.3, -0.25) is 14.5 Å². The van der Waals surface area contributed by atoms with E-state index in [2.05, 4.69) is 10.2 Å². The van der Waals surface area contributed by atoms with Gasteiger partial charge in [0.05, 0.1) is 6.04 Å². The zero-order valence-electron chi connectivity index (χ0n) is 15.5. The SMILES string of the molecule is Cc1ccc([C@H](CNC(=O)C2CCN(C(=O)C3CC3)CC2)N(C)C)o1. The van der Waals surface area contributed by atoms with Crippen LogP contribution in [-0.4, -0.2) is 55.3 Å². The number of carbonyl (C=O) groups excluding carboxylic acids is 2. The Morgan fingerprint density at radius 2 is 1.88 bits per heavy atom. The fourth-order valence-electron chi connectivity index (χ4n) is 3.46. The van der Waals surface area contributed by atoms with E-state index in [1.807, 2.05) is 38.1 Å². The van der Waals surface area contributed by atoms with Gasteiger partial charge in [0.1, 0.15) is 11.5 Å². The summed E-state index contributed by atoms with van der Waals surface area (Å²) in [5.41, 5.74) is 0. The summed E-state index contributed by atoms with van der Waals surface area (Å²) in [6.07, 6.45) is 3.60. The summed E-state index contributed by atoms with van der Waals surface area (Å²) in [6.45, 7) is 3.87. The molecule has 1 aromatic rings. The standard InChI is InChI=1S/C19H29N3O3/c1-13-4-7-17(25-13)16(21(2)3)12-20-18(23)14-8-10-22(11-9-14)19(24)15-5-6-15/h4,7,14-16H,5-6,8-12H2,1-3H3,(H,20,23)/t16-/m0/s1. The van der Waals surface area contributed by atoms with Gasteiger partial charge in [-0.1, -0.05) is 0 Å². The Balaban J connectivity index is 1.47. The second-order valence-electron chi connectivity index (χ2n) is 7.55. The van der Waals surface area contributed by atoms with E-state index < -0.39 is 0 Å². The van der Waals surface area contributed by atoms with E-state index in [1.54, 1.807) is 0 Å². The van der Waals surface area contributed by atoms with E-state index >= 15 is 0 Å². The molecule has 2 fully saturated rings. The molecule has 6 nitrogen and oxygen atoms in total. The quantitative estimate of drug-likeness (QED) is 0.854. The first-order chi connectivity index (χ1) is 12.0. The van der Waals surface area contributed by atoms with E-state index in [1.165, 1.54) is 0 Å². The highest BCUT2D eigenvalue weighted by Crippen LogP contribution is 2.32. The molecule has 3 rings (SSSR count). The lowest BCUT2D eigenvalue weighted by Gasteiger charge is -2.32. The Morgan fingerprint density at radius 3 is 2.40 bits per heavy atom. The first-order valence-corrected chi connectivity index (χ1v) is 9.25. The second-order valence-corrected chi connectivity index (χ2v) is 7.55. The fraction of sp³-hybridized carbons (Fsp3) is 0.684. The van der Waals surface area contributed by atoms with Crippen LogP contribution in [0.1, 0.15) is 43.2 Å². The van der Waals surface area contributed by atoms with Gasteiger partial charge in [0, 0.05) is 31.5 Å². The van der Waals surface area contributed by atoms with Crippen molar-refractivity contribution in [3.8, 4) is 0 Å². The molecule has 25 heavy (non-hydrogen) atoms. The summed E-state index contributed by atoms with van der Waals surface area (Å²) in [5.74, 6) is 2.40. The number of furan rings is 1. The minimum atomic E-state index is 0.00408. The molecule has 2 aliphatic rings. The molecule has 1 aliphatic heterocycles. The molecular weight excluding hydrogens is 318 g/mol. The third-order valence-electron chi connectivity index (χ3n) is 5.29. The van der Waals surface area contributed by atoms with Gasteiger partial charge in [0.25, 0.3) is 0 Å². The van der Waals surface area contributed by atoms with Gasteiger partial charge >= 0.3 is 0 Å². The molecule has 0 spiro atoms. The predicted molar refractivity (Wildman–Crippen MR) is 94.9 cm³/mol. The molecule has 1 saturated heterocycles. The first kappa shape index (κ1) is 18.0. The van der Waals surface area contributed by atoms with E-state index in [0.29, 0.717) is 25.5 Å². The minimum absolute atomic E-state index is 0.00408. The maximum Gasteiger partial charge on any atom is 0.225 e. The third kappa shape index (κ3) is 4.42. The Kier molecular flexibility index (Phi) is 5.47. The topological polar surface area (TPSA) is 65.8 Å².